The predicted molar refractivity (Wildman–Crippen MR) is 60.6 cm³/mol. The van der Waals surface area contributed by atoms with Crippen LogP contribution in [0.3, 0.4) is 0 Å². The molecule has 6 heteroatoms. The van der Waals surface area contributed by atoms with Crippen molar-refractivity contribution < 1.29 is 14.6 Å². The van der Waals surface area contributed by atoms with Crippen LogP contribution >= 0.6 is 0 Å². The fraction of sp³-hybridized carbons (Fsp3) is 0.636. The van der Waals surface area contributed by atoms with E-state index in [0.29, 0.717) is 19.7 Å². The van der Waals surface area contributed by atoms with Crippen LogP contribution in [-0.4, -0.2) is 51.6 Å². The Morgan fingerprint density at radius 1 is 1.71 bits per heavy atom. The van der Waals surface area contributed by atoms with Crippen molar-refractivity contribution in [3.8, 4) is 0 Å². The molecule has 2 rings (SSSR count). The number of carboxylic acids is 1. The zero-order chi connectivity index (χ0) is 12.4. The van der Waals surface area contributed by atoms with Crippen molar-refractivity contribution in [2.24, 2.45) is 7.05 Å². The highest BCUT2D eigenvalue weighted by Gasteiger charge is 2.29. The van der Waals surface area contributed by atoms with E-state index in [9.17, 15) is 4.79 Å². The van der Waals surface area contributed by atoms with Crippen molar-refractivity contribution >= 4 is 5.97 Å². The number of carbonyl (C=O) groups is 1. The molecule has 0 aromatic carbocycles. The summed E-state index contributed by atoms with van der Waals surface area (Å²) in [5.74, 6) is -0.828. The van der Waals surface area contributed by atoms with Gasteiger partial charge in [0.15, 0.2) is 0 Å². The number of aryl methyl sites for hydroxylation is 1. The summed E-state index contributed by atoms with van der Waals surface area (Å²) < 4.78 is 7.00. The van der Waals surface area contributed by atoms with E-state index in [0.717, 1.165) is 11.3 Å². The van der Waals surface area contributed by atoms with Gasteiger partial charge in [-0.2, -0.15) is 5.10 Å². The van der Waals surface area contributed by atoms with Crippen LogP contribution in [0, 0.1) is 6.92 Å². The molecule has 1 atom stereocenters. The first kappa shape index (κ1) is 12.1. The molecule has 6 nitrogen and oxygen atoms in total. The first-order valence-corrected chi connectivity index (χ1v) is 5.61. The summed E-state index contributed by atoms with van der Waals surface area (Å²) in [4.78, 5) is 13.0. The van der Waals surface area contributed by atoms with Crippen LogP contribution in [0.4, 0.5) is 0 Å². The summed E-state index contributed by atoms with van der Waals surface area (Å²) in [5.41, 5.74) is 2.14. The van der Waals surface area contributed by atoms with Gasteiger partial charge in [0, 0.05) is 31.4 Å². The molecule has 1 unspecified atom stereocenters. The van der Waals surface area contributed by atoms with E-state index in [1.165, 1.54) is 0 Å². The summed E-state index contributed by atoms with van der Waals surface area (Å²) in [6.07, 6.45) is 1.80. The van der Waals surface area contributed by atoms with Crippen molar-refractivity contribution in [1.82, 2.24) is 14.7 Å². The molecule has 0 bridgehead atoms. The van der Waals surface area contributed by atoms with Gasteiger partial charge in [-0.15, -0.1) is 0 Å². The van der Waals surface area contributed by atoms with Gasteiger partial charge in [0.2, 0.25) is 0 Å². The molecule has 1 fully saturated rings. The van der Waals surface area contributed by atoms with Crippen molar-refractivity contribution in [2.45, 2.75) is 19.5 Å². The average molecular weight is 239 g/mol. The summed E-state index contributed by atoms with van der Waals surface area (Å²) >= 11 is 0. The van der Waals surface area contributed by atoms with Crippen LogP contribution in [0.15, 0.2) is 6.20 Å². The normalized spacial score (nSPS) is 21.6. The highest BCUT2D eigenvalue weighted by Crippen LogP contribution is 2.14. The van der Waals surface area contributed by atoms with Gasteiger partial charge in [-0.05, 0) is 6.92 Å². The second-order valence-electron chi connectivity index (χ2n) is 4.28. The lowest BCUT2D eigenvalue weighted by molar-refractivity contribution is -0.150. The van der Waals surface area contributed by atoms with Crippen LogP contribution in [-0.2, 0) is 23.1 Å². The number of nitrogens with zero attached hydrogens (tertiary/aromatic N) is 3. The minimum absolute atomic E-state index is 0.259. The van der Waals surface area contributed by atoms with Gasteiger partial charge in [-0.25, -0.2) is 0 Å². The smallest absolute Gasteiger partial charge is 0.323 e. The van der Waals surface area contributed by atoms with E-state index in [2.05, 4.69) is 5.10 Å². The van der Waals surface area contributed by atoms with E-state index in [4.69, 9.17) is 9.84 Å². The fourth-order valence-electron chi connectivity index (χ4n) is 1.97. The molecule has 0 aliphatic carbocycles. The summed E-state index contributed by atoms with van der Waals surface area (Å²) in [5, 5.41) is 13.3. The van der Waals surface area contributed by atoms with Crippen LogP contribution in [0.1, 0.15) is 11.3 Å². The molecular formula is C11H17N3O3. The molecule has 1 aliphatic heterocycles. The van der Waals surface area contributed by atoms with Crippen molar-refractivity contribution in [2.75, 3.05) is 19.8 Å². The van der Waals surface area contributed by atoms with Crippen LogP contribution in [0.25, 0.3) is 0 Å². The predicted octanol–water partition coefficient (Wildman–Crippen LogP) is 0.0139. The minimum Gasteiger partial charge on any atom is -0.480 e. The Morgan fingerprint density at radius 3 is 3.06 bits per heavy atom. The molecule has 1 saturated heterocycles. The molecule has 2 heterocycles. The number of hydrogen-bond donors (Lipinski definition) is 1. The SMILES string of the molecule is Cc1c(CN2CCOCC2C(=O)O)cnn1C. The van der Waals surface area contributed by atoms with Gasteiger partial charge in [-0.1, -0.05) is 0 Å². The molecular weight excluding hydrogens is 222 g/mol. The first-order chi connectivity index (χ1) is 8.09. The zero-order valence-electron chi connectivity index (χ0n) is 10.1. The first-order valence-electron chi connectivity index (χ1n) is 5.61. The number of aromatic nitrogens is 2. The topological polar surface area (TPSA) is 67.6 Å². The van der Waals surface area contributed by atoms with E-state index >= 15 is 0 Å². The van der Waals surface area contributed by atoms with Gasteiger partial charge in [0.25, 0.3) is 0 Å². The Morgan fingerprint density at radius 2 is 2.47 bits per heavy atom. The van der Waals surface area contributed by atoms with Crippen LogP contribution in [0.5, 0.6) is 0 Å². The quantitative estimate of drug-likeness (QED) is 0.805. The van der Waals surface area contributed by atoms with Crippen LogP contribution in [0.2, 0.25) is 0 Å². The fourth-order valence-corrected chi connectivity index (χ4v) is 1.97. The highest BCUT2D eigenvalue weighted by molar-refractivity contribution is 5.73. The molecule has 0 amide bonds. The maximum atomic E-state index is 11.1. The number of carboxylic acid groups (broad SMARTS) is 1. The Bertz CT molecular complexity index is 416. The molecule has 0 spiro atoms. The third kappa shape index (κ3) is 2.48. The molecule has 94 valence electrons. The van der Waals surface area contributed by atoms with Crippen molar-refractivity contribution in [3.63, 3.8) is 0 Å². The van der Waals surface area contributed by atoms with Crippen molar-refractivity contribution in [1.29, 1.82) is 0 Å². The highest BCUT2D eigenvalue weighted by atomic mass is 16.5. The van der Waals surface area contributed by atoms with Crippen LogP contribution < -0.4 is 0 Å². The van der Waals surface area contributed by atoms with E-state index in [-0.39, 0.29) is 6.61 Å². The Labute approximate surface area is 99.8 Å². The number of rotatable bonds is 3. The van der Waals surface area contributed by atoms with Gasteiger partial charge in [0.1, 0.15) is 6.04 Å². The molecule has 0 saturated carbocycles. The summed E-state index contributed by atoms with van der Waals surface area (Å²) in [7, 11) is 1.88. The maximum Gasteiger partial charge on any atom is 0.323 e. The van der Waals surface area contributed by atoms with E-state index in [1.807, 2.05) is 18.9 Å². The molecule has 17 heavy (non-hydrogen) atoms. The number of hydrogen-bond acceptors (Lipinski definition) is 4. The maximum absolute atomic E-state index is 11.1. The van der Waals surface area contributed by atoms with Gasteiger partial charge in [0.05, 0.1) is 19.4 Å². The Hall–Kier alpha value is -1.40. The van der Waals surface area contributed by atoms with Gasteiger partial charge in [-0.3, -0.25) is 14.4 Å². The Balaban J connectivity index is 2.10. The molecule has 1 aromatic heterocycles. The van der Waals surface area contributed by atoms with Gasteiger partial charge >= 0.3 is 5.97 Å². The second kappa shape index (κ2) is 4.85. The monoisotopic (exact) mass is 239 g/mol. The second-order valence-corrected chi connectivity index (χ2v) is 4.28. The third-order valence-corrected chi connectivity index (χ3v) is 3.23. The Kier molecular flexibility index (Phi) is 3.44. The number of morpholine rings is 1. The lowest BCUT2D eigenvalue weighted by atomic mass is 10.2. The van der Waals surface area contributed by atoms with Gasteiger partial charge < -0.3 is 9.84 Å². The standard InChI is InChI=1S/C11H17N3O3/c1-8-9(5-12-13(8)2)6-14-3-4-17-7-10(14)11(15)16/h5,10H,3-4,6-7H2,1-2H3,(H,15,16). The van der Waals surface area contributed by atoms with E-state index < -0.39 is 12.0 Å². The average Bonchev–Trinajstić information content (AvgIpc) is 2.61. The largest absolute Gasteiger partial charge is 0.480 e. The number of ether oxygens (including phenoxy) is 1. The molecule has 1 aromatic rings. The summed E-state index contributed by atoms with van der Waals surface area (Å²) in [6, 6.07) is -0.552. The van der Waals surface area contributed by atoms with Crippen molar-refractivity contribution in [3.05, 3.63) is 17.5 Å². The zero-order valence-corrected chi connectivity index (χ0v) is 10.1. The molecule has 1 N–H and O–H groups in total. The lowest BCUT2D eigenvalue weighted by Crippen LogP contribution is -2.49. The third-order valence-electron chi connectivity index (χ3n) is 3.23. The molecule has 1 aliphatic rings. The summed E-state index contributed by atoms with van der Waals surface area (Å²) in [6.45, 7) is 4.08. The molecule has 0 radical (unpaired) electrons. The lowest BCUT2D eigenvalue weighted by Gasteiger charge is -2.32. The minimum atomic E-state index is -0.828. The number of aliphatic carboxylic acids is 1. The van der Waals surface area contributed by atoms with E-state index in [1.54, 1.807) is 10.9 Å².